The average molecular weight is 577 g/mol. The zero-order chi connectivity index (χ0) is 29.4. The molecule has 0 spiro atoms. The van der Waals surface area contributed by atoms with Crippen LogP contribution in [0.4, 0.5) is 11.4 Å². The van der Waals surface area contributed by atoms with Crippen LogP contribution in [0.25, 0.3) is 0 Å². The summed E-state index contributed by atoms with van der Waals surface area (Å²) in [5, 5.41) is 6.86. The molecule has 0 bridgehead atoms. The molecular formula is C36H56N4O2. The first-order valence-electron chi connectivity index (χ1n) is 16.8. The summed E-state index contributed by atoms with van der Waals surface area (Å²) >= 11 is 0. The SMILES string of the molecule is Cc1ccc(NCCCCCCOCCCCc2ccccc2)c(C)c1NC(=O)CN1CCC(N2CCCCC2)CC1. The van der Waals surface area contributed by atoms with Crippen molar-refractivity contribution < 1.29 is 9.53 Å². The lowest BCUT2D eigenvalue weighted by Gasteiger charge is -2.40. The monoisotopic (exact) mass is 576 g/mol. The van der Waals surface area contributed by atoms with Gasteiger partial charge in [-0.05, 0) is 107 Å². The summed E-state index contributed by atoms with van der Waals surface area (Å²) in [5.41, 5.74) is 5.76. The van der Waals surface area contributed by atoms with Crippen LogP contribution in [0.15, 0.2) is 42.5 Å². The molecule has 0 atom stereocenters. The fraction of sp³-hybridized carbons (Fsp3) is 0.639. The lowest BCUT2D eigenvalue weighted by molar-refractivity contribution is -0.117. The minimum absolute atomic E-state index is 0.105. The number of benzene rings is 2. The van der Waals surface area contributed by atoms with Gasteiger partial charge >= 0.3 is 0 Å². The van der Waals surface area contributed by atoms with E-state index in [-0.39, 0.29) is 5.91 Å². The van der Waals surface area contributed by atoms with Crippen molar-refractivity contribution in [3.05, 3.63) is 59.2 Å². The molecule has 6 nitrogen and oxygen atoms in total. The van der Waals surface area contributed by atoms with Gasteiger partial charge in [-0.2, -0.15) is 0 Å². The van der Waals surface area contributed by atoms with Gasteiger partial charge in [0.15, 0.2) is 0 Å². The summed E-state index contributed by atoms with van der Waals surface area (Å²) in [6.07, 6.45) is 14.6. The molecule has 2 fully saturated rings. The van der Waals surface area contributed by atoms with Crippen LogP contribution in [-0.2, 0) is 16.0 Å². The van der Waals surface area contributed by atoms with Gasteiger partial charge < -0.3 is 20.3 Å². The Bertz CT molecular complexity index is 1050. The van der Waals surface area contributed by atoms with E-state index in [9.17, 15) is 4.79 Å². The van der Waals surface area contributed by atoms with Gasteiger partial charge in [0.05, 0.1) is 6.54 Å². The summed E-state index contributed by atoms with van der Waals surface area (Å²) in [6, 6.07) is 15.7. The largest absolute Gasteiger partial charge is 0.385 e. The Morgan fingerprint density at radius 1 is 0.833 bits per heavy atom. The molecule has 2 aromatic rings. The van der Waals surface area contributed by atoms with Crippen LogP contribution in [0.2, 0.25) is 0 Å². The van der Waals surface area contributed by atoms with E-state index in [1.807, 2.05) is 0 Å². The van der Waals surface area contributed by atoms with E-state index in [1.165, 1.54) is 70.0 Å². The predicted octanol–water partition coefficient (Wildman–Crippen LogP) is 7.20. The van der Waals surface area contributed by atoms with Crippen molar-refractivity contribution in [2.45, 2.75) is 96.9 Å². The summed E-state index contributed by atoms with van der Waals surface area (Å²) < 4.78 is 5.84. The van der Waals surface area contributed by atoms with Crippen LogP contribution in [-0.4, -0.2) is 74.2 Å². The van der Waals surface area contributed by atoms with E-state index in [4.69, 9.17) is 4.74 Å². The molecule has 0 aliphatic carbocycles. The van der Waals surface area contributed by atoms with E-state index < -0.39 is 0 Å². The number of nitrogens with one attached hydrogen (secondary N) is 2. The van der Waals surface area contributed by atoms with Crippen molar-refractivity contribution in [3.63, 3.8) is 0 Å². The molecule has 2 N–H and O–H groups in total. The first-order chi connectivity index (χ1) is 20.6. The molecular weight excluding hydrogens is 520 g/mol. The number of carbonyl (C=O) groups excluding carboxylic acids is 1. The molecule has 42 heavy (non-hydrogen) atoms. The fourth-order valence-corrected chi connectivity index (χ4v) is 6.52. The van der Waals surface area contributed by atoms with Crippen LogP contribution >= 0.6 is 0 Å². The Labute approximate surface area is 255 Å². The lowest BCUT2D eigenvalue weighted by atomic mass is 10.00. The first-order valence-corrected chi connectivity index (χ1v) is 16.8. The van der Waals surface area contributed by atoms with Gasteiger partial charge in [-0.25, -0.2) is 0 Å². The lowest BCUT2D eigenvalue weighted by Crippen LogP contribution is -2.48. The van der Waals surface area contributed by atoms with E-state index >= 15 is 0 Å². The second kappa shape index (κ2) is 18.3. The molecule has 2 aromatic carbocycles. The molecule has 2 saturated heterocycles. The fourth-order valence-electron chi connectivity index (χ4n) is 6.52. The van der Waals surface area contributed by atoms with Gasteiger partial charge in [-0.15, -0.1) is 0 Å². The molecule has 2 heterocycles. The molecule has 0 radical (unpaired) electrons. The van der Waals surface area contributed by atoms with Crippen LogP contribution < -0.4 is 10.6 Å². The van der Waals surface area contributed by atoms with Gasteiger partial charge in [0, 0.05) is 50.3 Å². The number of piperidine rings is 2. The zero-order valence-corrected chi connectivity index (χ0v) is 26.5. The Hall–Kier alpha value is -2.41. The molecule has 232 valence electrons. The molecule has 0 aromatic heterocycles. The number of amides is 1. The highest BCUT2D eigenvalue weighted by atomic mass is 16.5. The second-order valence-corrected chi connectivity index (χ2v) is 12.5. The minimum Gasteiger partial charge on any atom is -0.385 e. The second-order valence-electron chi connectivity index (χ2n) is 12.5. The number of hydrogen-bond donors (Lipinski definition) is 2. The number of hydrogen-bond acceptors (Lipinski definition) is 5. The van der Waals surface area contributed by atoms with Gasteiger partial charge in [0.25, 0.3) is 0 Å². The Kier molecular flexibility index (Phi) is 14.2. The average Bonchev–Trinajstić information content (AvgIpc) is 3.02. The van der Waals surface area contributed by atoms with Crippen LogP contribution in [0.5, 0.6) is 0 Å². The minimum atomic E-state index is 0.105. The third-order valence-corrected chi connectivity index (χ3v) is 9.15. The Balaban J connectivity index is 1.05. The van der Waals surface area contributed by atoms with Crippen molar-refractivity contribution in [2.75, 3.05) is 63.1 Å². The normalized spacial score (nSPS) is 16.9. The molecule has 4 rings (SSSR count). The number of carbonyl (C=O) groups is 1. The highest BCUT2D eigenvalue weighted by Gasteiger charge is 2.26. The number of aryl methyl sites for hydroxylation is 2. The highest BCUT2D eigenvalue weighted by molar-refractivity contribution is 5.94. The maximum absolute atomic E-state index is 13.0. The number of likely N-dealkylation sites (tertiary alicyclic amines) is 2. The van der Waals surface area contributed by atoms with Crippen molar-refractivity contribution >= 4 is 17.3 Å². The van der Waals surface area contributed by atoms with E-state index in [2.05, 4.69) is 76.7 Å². The van der Waals surface area contributed by atoms with Crippen molar-refractivity contribution in [1.29, 1.82) is 0 Å². The van der Waals surface area contributed by atoms with Crippen molar-refractivity contribution in [3.8, 4) is 0 Å². The van der Waals surface area contributed by atoms with Gasteiger partial charge in [0.2, 0.25) is 5.91 Å². The topological polar surface area (TPSA) is 56.8 Å². The molecule has 2 aliphatic rings. The standard InChI is InChI=1S/C36H56N4O2/c1-30-18-19-34(37-22-10-3-4-13-27-42-28-14-9-17-32-15-7-5-8-16-32)31(2)36(30)38-35(41)29-39-25-20-33(21-26-39)40-23-11-6-12-24-40/h5,7-8,15-16,18-19,33,37H,3-4,6,9-14,17,20-29H2,1-2H3,(H,38,41). The molecule has 6 heteroatoms. The molecule has 0 unspecified atom stereocenters. The van der Waals surface area contributed by atoms with Gasteiger partial charge in [-0.3, -0.25) is 9.69 Å². The first kappa shape index (κ1) is 32.5. The summed E-state index contributed by atoms with van der Waals surface area (Å²) in [6.45, 7) is 12.0. The predicted molar refractivity (Wildman–Crippen MR) is 177 cm³/mol. The quantitative estimate of drug-likeness (QED) is 0.195. The van der Waals surface area contributed by atoms with Crippen LogP contribution in [0.1, 0.15) is 87.3 Å². The van der Waals surface area contributed by atoms with Gasteiger partial charge in [0.1, 0.15) is 0 Å². The summed E-state index contributed by atoms with van der Waals surface area (Å²) in [4.78, 5) is 18.0. The summed E-state index contributed by atoms with van der Waals surface area (Å²) in [7, 11) is 0. The zero-order valence-electron chi connectivity index (χ0n) is 26.5. The van der Waals surface area contributed by atoms with E-state index in [1.54, 1.807) is 0 Å². The Morgan fingerprint density at radius 3 is 2.31 bits per heavy atom. The van der Waals surface area contributed by atoms with Gasteiger partial charge in [-0.1, -0.05) is 55.7 Å². The van der Waals surface area contributed by atoms with Crippen LogP contribution in [0.3, 0.4) is 0 Å². The van der Waals surface area contributed by atoms with Crippen LogP contribution in [0, 0.1) is 13.8 Å². The number of rotatable bonds is 17. The number of nitrogens with zero attached hydrogens (tertiary/aromatic N) is 2. The summed E-state index contributed by atoms with van der Waals surface area (Å²) in [5.74, 6) is 0.105. The van der Waals surface area contributed by atoms with E-state index in [0.29, 0.717) is 12.6 Å². The number of ether oxygens (including phenoxy) is 1. The Morgan fingerprint density at radius 2 is 1.55 bits per heavy atom. The highest BCUT2D eigenvalue weighted by Crippen LogP contribution is 2.28. The smallest absolute Gasteiger partial charge is 0.238 e. The molecule has 0 saturated carbocycles. The number of unbranched alkanes of at least 4 members (excludes halogenated alkanes) is 4. The van der Waals surface area contributed by atoms with Crippen molar-refractivity contribution in [2.24, 2.45) is 0 Å². The van der Waals surface area contributed by atoms with Crippen molar-refractivity contribution in [1.82, 2.24) is 9.80 Å². The third kappa shape index (κ3) is 11.0. The third-order valence-electron chi connectivity index (χ3n) is 9.15. The molecule has 1 amide bonds. The molecule has 2 aliphatic heterocycles. The maximum Gasteiger partial charge on any atom is 0.238 e. The number of anilines is 2. The maximum atomic E-state index is 13.0. The van der Waals surface area contributed by atoms with E-state index in [0.717, 1.165) is 81.0 Å².